The molecule has 0 radical (unpaired) electrons. The van der Waals surface area contributed by atoms with Gasteiger partial charge in [0.15, 0.2) is 0 Å². The van der Waals surface area contributed by atoms with Crippen LogP contribution in [0, 0.1) is 0 Å². The van der Waals surface area contributed by atoms with E-state index in [-0.39, 0.29) is 0 Å². The molecule has 2 rings (SSSR count). The monoisotopic (exact) mass is 341 g/mol. The Kier molecular flexibility index (Phi) is 6.56. The largest absolute Gasteiger partial charge is 0.309 e. The van der Waals surface area contributed by atoms with Crippen molar-refractivity contribution in [2.45, 2.75) is 39.2 Å². The Hall–Kier alpha value is -0.540. The van der Waals surface area contributed by atoms with Crippen molar-refractivity contribution in [1.82, 2.24) is 5.32 Å². The first-order chi connectivity index (χ1) is 10.2. The van der Waals surface area contributed by atoms with Crippen LogP contribution in [0.3, 0.4) is 0 Å². The molecule has 1 N–H and O–H groups in total. The minimum atomic E-state index is 0.437. The second-order valence-electron chi connectivity index (χ2n) is 5.12. The standard InChI is InChI=1S/C17H21Cl2NS/c1-3-5-15(20-10-4-2)17-9-8-16(21-17)13-11-12(18)6-7-14(13)19/h6-9,11,15,20H,3-5,10H2,1-2H3. The van der Waals surface area contributed by atoms with Crippen LogP contribution >= 0.6 is 34.5 Å². The molecule has 0 spiro atoms. The molecule has 1 unspecified atom stereocenters. The maximum Gasteiger partial charge on any atom is 0.0493 e. The molecule has 114 valence electrons. The fourth-order valence-electron chi connectivity index (χ4n) is 2.32. The van der Waals surface area contributed by atoms with Crippen molar-refractivity contribution in [3.63, 3.8) is 0 Å². The van der Waals surface area contributed by atoms with Gasteiger partial charge in [-0.1, -0.05) is 43.5 Å². The third-order valence-corrected chi connectivity index (χ3v) is 5.18. The van der Waals surface area contributed by atoms with Gasteiger partial charge in [-0.3, -0.25) is 0 Å². The van der Waals surface area contributed by atoms with Crippen LogP contribution < -0.4 is 5.32 Å². The summed E-state index contributed by atoms with van der Waals surface area (Å²) < 4.78 is 0. The van der Waals surface area contributed by atoms with E-state index in [0.29, 0.717) is 6.04 Å². The summed E-state index contributed by atoms with van der Waals surface area (Å²) >= 11 is 14.2. The van der Waals surface area contributed by atoms with Crippen molar-refractivity contribution in [2.24, 2.45) is 0 Å². The van der Waals surface area contributed by atoms with E-state index in [0.717, 1.165) is 35.0 Å². The van der Waals surface area contributed by atoms with Crippen LogP contribution in [0.4, 0.5) is 0 Å². The van der Waals surface area contributed by atoms with E-state index >= 15 is 0 Å². The van der Waals surface area contributed by atoms with Crippen molar-refractivity contribution in [3.8, 4) is 10.4 Å². The minimum absolute atomic E-state index is 0.437. The van der Waals surface area contributed by atoms with Crippen LogP contribution in [0.2, 0.25) is 10.0 Å². The molecular weight excluding hydrogens is 321 g/mol. The van der Waals surface area contributed by atoms with Crippen LogP contribution in [-0.4, -0.2) is 6.54 Å². The third kappa shape index (κ3) is 4.46. The molecule has 1 heterocycles. The van der Waals surface area contributed by atoms with Gasteiger partial charge in [0.25, 0.3) is 0 Å². The van der Waals surface area contributed by atoms with Gasteiger partial charge in [-0.2, -0.15) is 0 Å². The zero-order chi connectivity index (χ0) is 15.2. The summed E-state index contributed by atoms with van der Waals surface area (Å²) in [5, 5.41) is 5.10. The van der Waals surface area contributed by atoms with Crippen molar-refractivity contribution >= 4 is 34.5 Å². The third-order valence-electron chi connectivity index (χ3n) is 3.38. The topological polar surface area (TPSA) is 12.0 Å². The molecule has 0 aliphatic carbocycles. The molecule has 1 atom stereocenters. The Labute approximate surface area is 141 Å². The smallest absolute Gasteiger partial charge is 0.0493 e. The molecule has 21 heavy (non-hydrogen) atoms. The van der Waals surface area contributed by atoms with Gasteiger partial charge in [-0.15, -0.1) is 11.3 Å². The van der Waals surface area contributed by atoms with Crippen LogP contribution in [0.1, 0.15) is 44.0 Å². The number of hydrogen-bond donors (Lipinski definition) is 1. The van der Waals surface area contributed by atoms with Crippen molar-refractivity contribution in [3.05, 3.63) is 45.3 Å². The predicted octanol–water partition coefficient (Wildman–Crippen LogP) is 6.56. The second-order valence-corrected chi connectivity index (χ2v) is 7.08. The summed E-state index contributed by atoms with van der Waals surface area (Å²) in [6.45, 7) is 5.47. The Balaban J connectivity index is 2.24. The Bertz CT molecular complexity index is 580. The highest BCUT2D eigenvalue weighted by Crippen LogP contribution is 2.37. The molecule has 0 amide bonds. The highest BCUT2D eigenvalue weighted by atomic mass is 35.5. The number of nitrogens with one attached hydrogen (secondary N) is 1. The van der Waals surface area contributed by atoms with Gasteiger partial charge in [0.2, 0.25) is 0 Å². The second kappa shape index (κ2) is 8.19. The first kappa shape index (κ1) is 16.8. The Morgan fingerprint density at radius 1 is 1.10 bits per heavy atom. The average Bonchev–Trinajstić information content (AvgIpc) is 2.95. The van der Waals surface area contributed by atoms with E-state index < -0.39 is 0 Å². The molecule has 0 fully saturated rings. The number of rotatable bonds is 7. The molecule has 0 aliphatic heterocycles. The van der Waals surface area contributed by atoms with E-state index in [4.69, 9.17) is 23.2 Å². The van der Waals surface area contributed by atoms with Gasteiger partial charge < -0.3 is 5.32 Å². The molecule has 0 bridgehead atoms. The molecule has 4 heteroatoms. The van der Waals surface area contributed by atoms with Crippen LogP contribution in [0.25, 0.3) is 10.4 Å². The zero-order valence-corrected chi connectivity index (χ0v) is 14.8. The zero-order valence-electron chi connectivity index (χ0n) is 12.5. The van der Waals surface area contributed by atoms with E-state index in [1.807, 2.05) is 18.2 Å². The number of thiophene rings is 1. The number of hydrogen-bond acceptors (Lipinski definition) is 2. The Morgan fingerprint density at radius 2 is 1.90 bits per heavy atom. The van der Waals surface area contributed by atoms with Crippen LogP contribution in [0.5, 0.6) is 0 Å². The minimum Gasteiger partial charge on any atom is -0.309 e. The SMILES string of the molecule is CCCNC(CCC)c1ccc(-c2cc(Cl)ccc2Cl)s1. The molecule has 0 saturated carbocycles. The first-order valence-electron chi connectivity index (χ1n) is 7.44. The van der Waals surface area contributed by atoms with Gasteiger partial charge in [-0.25, -0.2) is 0 Å². The summed E-state index contributed by atoms with van der Waals surface area (Å²) in [6, 6.07) is 10.4. The van der Waals surface area contributed by atoms with Gasteiger partial charge >= 0.3 is 0 Å². The van der Waals surface area contributed by atoms with E-state index in [2.05, 4.69) is 31.3 Å². The van der Waals surface area contributed by atoms with Crippen LogP contribution in [0.15, 0.2) is 30.3 Å². The highest BCUT2D eigenvalue weighted by Gasteiger charge is 2.14. The maximum absolute atomic E-state index is 6.30. The fourth-order valence-corrected chi connectivity index (χ4v) is 3.92. The van der Waals surface area contributed by atoms with Crippen molar-refractivity contribution < 1.29 is 0 Å². The van der Waals surface area contributed by atoms with Gasteiger partial charge in [0.1, 0.15) is 0 Å². The van der Waals surface area contributed by atoms with E-state index in [1.54, 1.807) is 11.3 Å². The molecule has 2 aromatic rings. The van der Waals surface area contributed by atoms with Gasteiger partial charge in [0.05, 0.1) is 0 Å². The summed E-state index contributed by atoms with van der Waals surface area (Å²) in [6.07, 6.45) is 3.48. The van der Waals surface area contributed by atoms with Gasteiger partial charge in [0, 0.05) is 31.4 Å². The van der Waals surface area contributed by atoms with Crippen molar-refractivity contribution in [1.29, 1.82) is 0 Å². The van der Waals surface area contributed by atoms with E-state index in [1.165, 1.54) is 16.2 Å². The van der Waals surface area contributed by atoms with Crippen LogP contribution in [-0.2, 0) is 0 Å². The normalized spacial score (nSPS) is 12.6. The predicted molar refractivity (Wildman–Crippen MR) is 95.7 cm³/mol. The number of halogens is 2. The molecule has 0 aliphatic rings. The fraction of sp³-hybridized carbons (Fsp3) is 0.412. The molecule has 0 saturated heterocycles. The maximum atomic E-state index is 6.30. The summed E-state index contributed by atoms with van der Waals surface area (Å²) in [7, 11) is 0. The van der Waals surface area contributed by atoms with Crippen molar-refractivity contribution in [2.75, 3.05) is 6.54 Å². The summed E-state index contributed by atoms with van der Waals surface area (Å²) in [5.41, 5.74) is 1.02. The molecular formula is C17H21Cl2NS. The lowest BCUT2D eigenvalue weighted by Gasteiger charge is -2.16. The van der Waals surface area contributed by atoms with E-state index in [9.17, 15) is 0 Å². The highest BCUT2D eigenvalue weighted by molar-refractivity contribution is 7.15. The average molecular weight is 342 g/mol. The quantitative estimate of drug-likeness (QED) is 0.600. The Morgan fingerprint density at radius 3 is 2.62 bits per heavy atom. The molecule has 1 aromatic carbocycles. The van der Waals surface area contributed by atoms with Gasteiger partial charge in [-0.05, 0) is 49.7 Å². The summed E-state index contributed by atoms with van der Waals surface area (Å²) in [4.78, 5) is 2.55. The molecule has 1 nitrogen and oxygen atoms in total. The number of benzene rings is 1. The molecule has 1 aromatic heterocycles. The summed E-state index contributed by atoms with van der Waals surface area (Å²) in [5.74, 6) is 0. The first-order valence-corrected chi connectivity index (χ1v) is 9.01. The lowest BCUT2D eigenvalue weighted by Crippen LogP contribution is -2.21. The lowest BCUT2D eigenvalue weighted by molar-refractivity contribution is 0.501. The lowest BCUT2D eigenvalue weighted by atomic mass is 10.1.